The van der Waals surface area contributed by atoms with Crippen LogP contribution in [0.15, 0.2) is 12.2 Å². The number of unbranched alkanes of at least 4 members (excludes halogenated alkanes) is 11. The Morgan fingerprint density at radius 3 is 1.73 bits per heavy atom. The van der Waals surface area contributed by atoms with Crippen LogP contribution >= 0.6 is 0 Å². The van der Waals surface area contributed by atoms with Crippen molar-refractivity contribution < 1.29 is 19.1 Å². The highest BCUT2D eigenvalue weighted by molar-refractivity contribution is 5.70. The van der Waals surface area contributed by atoms with E-state index in [0.717, 1.165) is 19.3 Å². The lowest BCUT2D eigenvalue weighted by Gasteiger charge is -2.05. The number of ether oxygens (including phenoxy) is 2. The molecule has 0 heterocycles. The average Bonchev–Trinajstić information content (AvgIpc) is 2.64. The predicted molar refractivity (Wildman–Crippen MR) is 107 cm³/mol. The SMILES string of the molecule is CCCCCCCC/C=C\CCCCCCCC(=O)OCOC(=O)CC. The number of allylic oxidation sites excluding steroid dienone is 2. The van der Waals surface area contributed by atoms with E-state index in [1.54, 1.807) is 6.92 Å². The van der Waals surface area contributed by atoms with Gasteiger partial charge in [-0.3, -0.25) is 9.59 Å². The monoisotopic (exact) mass is 368 g/mol. The molecule has 0 amide bonds. The second-order valence-electron chi connectivity index (χ2n) is 6.84. The van der Waals surface area contributed by atoms with Crippen molar-refractivity contribution in [2.75, 3.05) is 6.79 Å². The van der Waals surface area contributed by atoms with E-state index >= 15 is 0 Å². The Morgan fingerprint density at radius 2 is 1.15 bits per heavy atom. The zero-order valence-corrected chi connectivity index (χ0v) is 17.1. The van der Waals surface area contributed by atoms with Gasteiger partial charge in [-0.15, -0.1) is 0 Å². The number of carbonyl (C=O) groups is 2. The van der Waals surface area contributed by atoms with Gasteiger partial charge in [0.2, 0.25) is 6.79 Å². The van der Waals surface area contributed by atoms with Gasteiger partial charge in [-0.1, -0.05) is 77.4 Å². The Hall–Kier alpha value is -1.32. The minimum absolute atomic E-state index is 0.253. The molecule has 0 saturated heterocycles. The van der Waals surface area contributed by atoms with Crippen LogP contribution in [0.1, 0.15) is 110 Å². The molecule has 0 N–H and O–H groups in total. The largest absolute Gasteiger partial charge is 0.428 e. The van der Waals surface area contributed by atoms with Crippen LogP contribution in [0.5, 0.6) is 0 Å². The van der Waals surface area contributed by atoms with Crippen molar-refractivity contribution in [1.29, 1.82) is 0 Å². The molecule has 0 saturated carbocycles. The summed E-state index contributed by atoms with van der Waals surface area (Å²) in [5.41, 5.74) is 0. The quantitative estimate of drug-likeness (QED) is 0.120. The first-order valence-corrected chi connectivity index (χ1v) is 10.7. The fraction of sp³-hybridized carbons (Fsp3) is 0.818. The van der Waals surface area contributed by atoms with Gasteiger partial charge in [-0.05, 0) is 32.1 Å². The Bertz CT molecular complexity index is 363. The van der Waals surface area contributed by atoms with Gasteiger partial charge in [-0.2, -0.15) is 0 Å². The van der Waals surface area contributed by atoms with Crippen molar-refractivity contribution in [3.8, 4) is 0 Å². The normalized spacial score (nSPS) is 11.0. The minimum atomic E-state index is -0.348. The lowest BCUT2D eigenvalue weighted by atomic mass is 10.1. The molecule has 0 bridgehead atoms. The molecule has 4 heteroatoms. The Balaban J connectivity index is 3.24. The van der Waals surface area contributed by atoms with Crippen molar-refractivity contribution in [3.63, 3.8) is 0 Å². The Labute approximate surface area is 160 Å². The first-order valence-electron chi connectivity index (χ1n) is 10.7. The summed E-state index contributed by atoms with van der Waals surface area (Å²) >= 11 is 0. The minimum Gasteiger partial charge on any atom is -0.428 e. The molecule has 0 atom stereocenters. The van der Waals surface area contributed by atoms with Gasteiger partial charge in [0.1, 0.15) is 0 Å². The van der Waals surface area contributed by atoms with Gasteiger partial charge in [0.25, 0.3) is 0 Å². The summed E-state index contributed by atoms with van der Waals surface area (Å²) in [7, 11) is 0. The molecule has 4 nitrogen and oxygen atoms in total. The first kappa shape index (κ1) is 24.7. The van der Waals surface area contributed by atoms with E-state index in [2.05, 4.69) is 19.1 Å². The highest BCUT2D eigenvalue weighted by atomic mass is 16.7. The Morgan fingerprint density at radius 1 is 0.654 bits per heavy atom. The van der Waals surface area contributed by atoms with Crippen molar-refractivity contribution in [1.82, 2.24) is 0 Å². The van der Waals surface area contributed by atoms with E-state index in [1.165, 1.54) is 64.2 Å². The predicted octanol–water partition coefficient (Wildman–Crippen LogP) is 6.48. The fourth-order valence-corrected chi connectivity index (χ4v) is 2.68. The number of rotatable bonds is 18. The van der Waals surface area contributed by atoms with Crippen LogP contribution in [-0.4, -0.2) is 18.7 Å². The van der Waals surface area contributed by atoms with Crippen LogP contribution < -0.4 is 0 Å². The average molecular weight is 369 g/mol. The third-order valence-electron chi connectivity index (χ3n) is 4.37. The maximum atomic E-state index is 11.4. The van der Waals surface area contributed by atoms with Gasteiger partial charge >= 0.3 is 11.9 Å². The van der Waals surface area contributed by atoms with Gasteiger partial charge < -0.3 is 9.47 Å². The van der Waals surface area contributed by atoms with Gasteiger partial charge in [-0.25, -0.2) is 0 Å². The van der Waals surface area contributed by atoms with Crippen LogP contribution in [0.4, 0.5) is 0 Å². The molecule has 26 heavy (non-hydrogen) atoms. The van der Waals surface area contributed by atoms with E-state index in [0.29, 0.717) is 12.8 Å². The molecule has 0 aliphatic rings. The zero-order chi connectivity index (χ0) is 19.3. The third-order valence-corrected chi connectivity index (χ3v) is 4.37. The summed E-state index contributed by atoms with van der Waals surface area (Å²) in [6.07, 6.45) is 21.4. The molecule has 0 aromatic carbocycles. The van der Waals surface area contributed by atoms with Crippen molar-refractivity contribution in [2.24, 2.45) is 0 Å². The van der Waals surface area contributed by atoms with Gasteiger partial charge in [0.05, 0.1) is 0 Å². The van der Waals surface area contributed by atoms with Gasteiger partial charge in [0, 0.05) is 12.8 Å². The number of carbonyl (C=O) groups excluding carboxylic acids is 2. The summed E-state index contributed by atoms with van der Waals surface area (Å²) in [5, 5.41) is 0. The van der Waals surface area contributed by atoms with Crippen molar-refractivity contribution in [2.45, 2.75) is 110 Å². The number of hydrogen-bond donors (Lipinski definition) is 0. The van der Waals surface area contributed by atoms with Crippen LogP contribution in [0, 0.1) is 0 Å². The first-order chi connectivity index (χ1) is 12.7. The van der Waals surface area contributed by atoms with Crippen LogP contribution in [0.2, 0.25) is 0 Å². The molecule has 0 aliphatic heterocycles. The maximum Gasteiger partial charge on any atom is 0.308 e. The van der Waals surface area contributed by atoms with Crippen molar-refractivity contribution in [3.05, 3.63) is 12.2 Å². The lowest BCUT2D eigenvalue weighted by molar-refractivity contribution is -0.167. The lowest BCUT2D eigenvalue weighted by Crippen LogP contribution is -2.11. The molecule has 0 aliphatic carbocycles. The molecular formula is C22H40O4. The molecule has 0 fully saturated rings. The summed E-state index contributed by atoms with van der Waals surface area (Å²) < 4.78 is 9.54. The maximum absolute atomic E-state index is 11.4. The second kappa shape index (κ2) is 20.0. The third kappa shape index (κ3) is 19.0. The van der Waals surface area contributed by atoms with Crippen LogP contribution in [-0.2, 0) is 19.1 Å². The van der Waals surface area contributed by atoms with E-state index in [1.807, 2.05) is 0 Å². The van der Waals surface area contributed by atoms with Crippen LogP contribution in [0.25, 0.3) is 0 Å². The summed E-state index contributed by atoms with van der Waals surface area (Å²) in [6, 6.07) is 0. The smallest absolute Gasteiger partial charge is 0.308 e. The van der Waals surface area contributed by atoms with Crippen LogP contribution in [0.3, 0.4) is 0 Å². The van der Waals surface area contributed by atoms with E-state index < -0.39 is 0 Å². The van der Waals surface area contributed by atoms with E-state index in [-0.39, 0.29) is 18.7 Å². The Kier molecular flexibility index (Phi) is 19.0. The summed E-state index contributed by atoms with van der Waals surface area (Å²) in [4.78, 5) is 22.3. The zero-order valence-electron chi connectivity index (χ0n) is 17.1. The fourth-order valence-electron chi connectivity index (χ4n) is 2.68. The van der Waals surface area contributed by atoms with Crippen molar-refractivity contribution >= 4 is 11.9 Å². The molecule has 0 radical (unpaired) electrons. The summed E-state index contributed by atoms with van der Waals surface area (Å²) in [5.74, 6) is -0.634. The molecule has 0 aromatic heterocycles. The molecule has 152 valence electrons. The highest BCUT2D eigenvalue weighted by Crippen LogP contribution is 2.10. The molecule has 0 unspecified atom stereocenters. The van der Waals surface area contributed by atoms with E-state index in [9.17, 15) is 9.59 Å². The summed E-state index contributed by atoms with van der Waals surface area (Å²) in [6.45, 7) is 3.71. The number of esters is 2. The van der Waals surface area contributed by atoms with Gasteiger partial charge in [0.15, 0.2) is 0 Å². The molecule has 0 aromatic rings. The number of hydrogen-bond acceptors (Lipinski definition) is 4. The molecular weight excluding hydrogens is 328 g/mol. The second-order valence-corrected chi connectivity index (χ2v) is 6.84. The van der Waals surface area contributed by atoms with E-state index in [4.69, 9.17) is 9.47 Å². The topological polar surface area (TPSA) is 52.6 Å². The highest BCUT2D eigenvalue weighted by Gasteiger charge is 2.04. The molecule has 0 rings (SSSR count). The molecule has 0 spiro atoms. The standard InChI is InChI=1S/C22H40O4/c1-3-5-6-7-8-9-10-11-12-13-14-15-16-17-18-19-22(24)26-20-25-21(23)4-2/h11-12H,3-10,13-20H2,1-2H3/b12-11-.